The van der Waals surface area contributed by atoms with E-state index in [9.17, 15) is 4.79 Å². The molecule has 0 radical (unpaired) electrons. The monoisotopic (exact) mass is 213 g/mol. The quantitative estimate of drug-likeness (QED) is 0.688. The summed E-state index contributed by atoms with van der Waals surface area (Å²) in [6.45, 7) is 10.1. The first-order valence-electron chi connectivity index (χ1n) is 5.67. The Bertz CT molecular complexity index is 214. The number of hydrogen-bond acceptors (Lipinski definition) is 3. The number of nitrogens with one attached hydrogen (secondary N) is 1. The summed E-state index contributed by atoms with van der Waals surface area (Å²) in [5, 5.41) is 3.33. The summed E-state index contributed by atoms with van der Waals surface area (Å²) in [7, 11) is 0. The van der Waals surface area contributed by atoms with Crippen molar-refractivity contribution in [2.45, 2.75) is 33.2 Å². The average Bonchev–Trinajstić information content (AvgIpc) is 2.29. The maximum absolute atomic E-state index is 11.5. The van der Waals surface area contributed by atoms with E-state index in [-0.39, 0.29) is 17.4 Å². The highest BCUT2D eigenvalue weighted by Crippen LogP contribution is 2.24. The van der Waals surface area contributed by atoms with Gasteiger partial charge in [-0.25, -0.2) is 0 Å². The molecule has 0 aromatic carbocycles. The molecule has 0 aliphatic carbocycles. The summed E-state index contributed by atoms with van der Waals surface area (Å²) in [5.41, 5.74) is 5.42. The molecule has 4 heteroatoms. The number of carbonyl (C=O) groups is 1. The van der Waals surface area contributed by atoms with Gasteiger partial charge in [-0.15, -0.1) is 0 Å². The minimum atomic E-state index is -0.204. The molecule has 1 unspecified atom stereocenters. The van der Waals surface area contributed by atoms with Crippen LogP contribution < -0.4 is 11.1 Å². The maximum atomic E-state index is 11.5. The standard InChI is InChI=1S/C11H23N3O/c1-11(2,3)9(10(12)15)14-7-4-5-13-6-8-14/h9,13H,4-8H2,1-3H3,(H2,12,15). The Kier molecular flexibility index (Phi) is 4.11. The van der Waals surface area contributed by atoms with Crippen molar-refractivity contribution in [3.63, 3.8) is 0 Å². The van der Waals surface area contributed by atoms with Gasteiger partial charge in [-0.1, -0.05) is 20.8 Å². The first kappa shape index (κ1) is 12.5. The third-order valence-electron chi connectivity index (χ3n) is 2.83. The predicted octanol–water partition coefficient (Wildman–Crippen LogP) is 0.182. The topological polar surface area (TPSA) is 58.4 Å². The van der Waals surface area contributed by atoms with Gasteiger partial charge in [0, 0.05) is 19.6 Å². The van der Waals surface area contributed by atoms with E-state index in [0.29, 0.717) is 0 Å². The van der Waals surface area contributed by atoms with Crippen LogP contribution in [0.4, 0.5) is 0 Å². The Hall–Kier alpha value is -0.610. The highest BCUT2D eigenvalue weighted by Gasteiger charge is 2.34. The number of carbonyl (C=O) groups excluding carboxylic acids is 1. The molecule has 1 rings (SSSR count). The summed E-state index contributed by atoms with van der Waals surface area (Å²) in [6, 6.07) is -0.155. The summed E-state index contributed by atoms with van der Waals surface area (Å²) in [4.78, 5) is 13.7. The molecule has 1 saturated heterocycles. The number of amides is 1. The number of nitrogens with two attached hydrogens (primary N) is 1. The van der Waals surface area contributed by atoms with E-state index in [4.69, 9.17) is 5.73 Å². The summed E-state index contributed by atoms with van der Waals surface area (Å²) in [5.74, 6) is -0.204. The summed E-state index contributed by atoms with van der Waals surface area (Å²) >= 11 is 0. The number of primary amides is 1. The zero-order valence-electron chi connectivity index (χ0n) is 10.0. The maximum Gasteiger partial charge on any atom is 0.235 e. The minimum Gasteiger partial charge on any atom is -0.368 e. The van der Waals surface area contributed by atoms with E-state index in [2.05, 4.69) is 31.0 Å². The van der Waals surface area contributed by atoms with E-state index in [1.54, 1.807) is 0 Å². The molecule has 1 amide bonds. The largest absolute Gasteiger partial charge is 0.368 e. The van der Waals surface area contributed by atoms with E-state index in [0.717, 1.165) is 32.6 Å². The van der Waals surface area contributed by atoms with Crippen LogP contribution in [0.5, 0.6) is 0 Å². The Morgan fingerprint density at radius 3 is 2.53 bits per heavy atom. The van der Waals surface area contributed by atoms with E-state index in [1.807, 2.05) is 0 Å². The molecule has 0 bridgehead atoms. The van der Waals surface area contributed by atoms with Crippen LogP contribution in [0, 0.1) is 5.41 Å². The molecule has 3 N–H and O–H groups in total. The zero-order valence-corrected chi connectivity index (χ0v) is 10.0. The molecule has 0 saturated carbocycles. The lowest BCUT2D eigenvalue weighted by Gasteiger charge is -2.37. The molecule has 1 heterocycles. The van der Waals surface area contributed by atoms with Crippen molar-refractivity contribution < 1.29 is 4.79 Å². The van der Waals surface area contributed by atoms with Gasteiger partial charge in [-0.05, 0) is 18.4 Å². The first-order chi connectivity index (χ1) is 6.93. The zero-order chi connectivity index (χ0) is 11.5. The van der Waals surface area contributed by atoms with Gasteiger partial charge in [0.05, 0.1) is 6.04 Å². The summed E-state index contributed by atoms with van der Waals surface area (Å²) in [6.07, 6.45) is 1.08. The third-order valence-corrected chi connectivity index (χ3v) is 2.83. The molecule has 0 aromatic rings. The molecule has 1 atom stereocenters. The van der Waals surface area contributed by atoms with Gasteiger partial charge in [-0.2, -0.15) is 0 Å². The van der Waals surface area contributed by atoms with Crippen LogP contribution in [0.25, 0.3) is 0 Å². The van der Waals surface area contributed by atoms with E-state index < -0.39 is 0 Å². The molecular weight excluding hydrogens is 190 g/mol. The Morgan fingerprint density at radius 1 is 1.33 bits per heavy atom. The Balaban J connectivity index is 2.74. The smallest absolute Gasteiger partial charge is 0.235 e. The van der Waals surface area contributed by atoms with Crippen molar-refractivity contribution in [2.75, 3.05) is 26.2 Å². The van der Waals surface area contributed by atoms with Crippen molar-refractivity contribution in [1.29, 1.82) is 0 Å². The fraction of sp³-hybridized carbons (Fsp3) is 0.909. The molecule has 15 heavy (non-hydrogen) atoms. The fourth-order valence-corrected chi connectivity index (χ4v) is 2.28. The number of rotatable bonds is 2. The van der Waals surface area contributed by atoms with E-state index >= 15 is 0 Å². The second kappa shape index (κ2) is 4.94. The normalized spacial score (nSPS) is 22.1. The van der Waals surface area contributed by atoms with Crippen molar-refractivity contribution >= 4 is 5.91 Å². The second-order valence-electron chi connectivity index (χ2n) is 5.31. The third kappa shape index (κ3) is 3.47. The lowest BCUT2D eigenvalue weighted by Crippen LogP contribution is -2.53. The summed E-state index contributed by atoms with van der Waals surface area (Å²) < 4.78 is 0. The predicted molar refractivity (Wildman–Crippen MR) is 61.5 cm³/mol. The van der Waals surface area contributed by atoms with Crippen LogP contribution in [-0.2, 0) is 4.79 Å². The Morgan fingerprint density at radius 2 is 2.00 bits per heavy atom. The van der Waals surface area contributed by atoms with Crippen molar-refractivity contribution in [1.82, 2.24) is 10.2 Å². The molecule has 4 nitrogen and oxygen atoms in total. The van der Waals surface area contributed by atoms with Crippen LogP contribution in [0.3, 0.4) is 0 Å². The first-order valence-corrected chi connectivity index (χ1v) is 5.67. The van der Waals surface area contributed by atoms with Gasteiger partial charge in [-0.3, -0.25) is 9.69 Å². The van der Waals surface area contributed by atoms with E-state index in [1.165, 1.54) is 0 Å². The number of hydrogen-bond donors (Lipinski definition) is 2. The lowest BCUT2D eigenvalue weighted by atomic mass is 9.85. The van der Waals surface area contributed by atoms with Gasteiger partial charge in [0.25, 0.3) is 0 Å². The molecule has 1 aliphatic rings. The minimum absolute atomic E-state index is 0.0871. The number of nitrogens with zero attached hydrogens (tertiary/aromatic N) is 1. The highest BCUT2D eigenvalue weighted by molar-refractivity contribution is 5.80. The molecular formula is C11H23N3O. The van der Waals surface area contributed by atoms with Crippen molar-refractivity contribution in [2.24, 2.45) is 11.1 Å². The van der Waals surface area contributed by atoms with Gasteiger partial charge in [0.1, 0.15) is 0 Å². The van der Waals surface area contributed by atoms with Gasteiger partial charge < -0.3 is 11.1 Å². The van der Waals surface area contributed by atoms with Gasteiger partial charge in [0.2, 0.25) is 5.91 Å². The van der Waals surface area contributed by atoms with Crippen LogP contribution in [0.2, 0.25) is 0 Å². The SMILES string of the molecule is CC(C)(C)C(C(N)=O)N1CCCNCC1. The molecule has 0 aromatic heterocycles. The molecule has 1 aliphatic heterocycles. The lowest BCUT2D eigenvalue weighted by molar-refractivity contribution is -0.127. The van der Waals surface area contributed by atoms with Crippen LogP contribution in [0.1, 0.15) is 27.2 Å². The van der Waals surface area contributed by atoms with Crippen molar-refractivity contribution in [3.05, 3.63) is 0 Å². The molecule has 88 valence electrons. The van der Waals surface area contributed by atoms with Gasteiger partial charge in [0.15, 0.2) is 0 Å². The highest BCUT2D eigenvalue weighted by atomic mass is 16.1. The average molecular weight is 213 g/mol. The van der Waals surface area contributed by atoms with Crippen molar-refractivity contribution in [3.8, 4) is 0 Å². The fourth-order valence-electron chi connectivity index (χ4n) is 2.28. The molecule has 0 spiro atoms. The van der Waals surface area contributed by atoms with Crippen LogP contribution >= 0.6 is 0 Å². The van der Waals surface area contributed by atoms with Crippen LogP contribution in [0.15, 0.2) is 0 Å². The second-order valence-corrected chi connectivity index (χ2v) is 5.31. The van der Waals surface area contributed by atoms with Gasteiger partial charge >= 0.3 is 0 Å². The molecule has 1 fully saturated rings. The van der Waals surface area contributed by atoms with Crippen LogP contribution in [-0.4, -0.2) is 43.0 Å². The Labute approximate surface area is 92.2 Å².